The van der Waals surface area contributed by atoms with Crippen LogP contribution in [-0.4, -0.2) is 12.1 Å². The quantitative estimate of drug-likeness (QED) is 0.736. The van der Waals surface area contributed by atoms with E-state index in [0.29, 0.717) is 5.54 Å². The van der Waals surface area contributed by atoms with Gasteiger partial charge in [-0.05, 0) is 50.1 Å². The first kappa shape index (κ1) is 9.41. The first-order chi connectivity index (χ1) is 7.38. The first-order valence-electron chi connectivity index (χ1n) is 6.18. The van der Waals surface area contributed by atoms with Gasteiger partial charge in [-0.3, -0.25) is 0 Å². The highest BCUT2D eigenvalue weighted by Gasteiger charge is 2.39. The zero-order valence-electron chi connectivity index (χ0n) is 9.21. The highest BCUT2D eigenvalue weighted by molar-refractivity contribution is 5.21. The van der Waals surface area contributed by atoms with Gasteiger partial charge in [0.1, 0.15) is 0 Å². The largest absolute Gasteiger partial charge is 0.311 e. The molecule has 1 spiro atoms. The Morgan fingerprint density at radius 2 is 1.67 bits per heavy atom. The van der Waals surface area contributed by atoms with Crippen LogP contribution in [0.4, 0.5) is 0 Å². The minimum atomic E-state index is 0.561. The van der Waals surface area contributed by atoms with E-state index in [1.165, 1.54) is 38.6 Å². The van der Waals surface area contributed by atoms with Gasteiger partial charge in [0, 0.05) is 5.54 Å². The van der Waals surface area contributed by atoms with Crippen molar-refractivity contribution in [1.82, 2.24) is 5.32 Å². The van der Waals surface area contributed by atoms with Crippen molar-refractivity contribution in [2.45, 2.75) is 43.6 Å². The SMILES string of the molecule is c1ccc(C2CCC3(CCN3)CC2)cc1. The minimum Gasteiger partial charge on any atom is -0.311 e. The van der Waals surface area contributed by atoms with Crippen molar-refractivity contribution in [2.75, 3.05) is 6.54 Å². The maximum absolute atomic E-state index is 3.63. The van der Waals surface area contributed by atoms with Gasteiger partial charge in [0.25, 0.3) is 0 Å². The predicted molar refractivity (Wildman–Crippen MR) is 63.0 cm³/mol. The van der Waals surface area contributed by atoms with E-state index in [0.717, 1.165) is 5.92 Å². The van der Waals surface area contributed by atoms with Gasteiger partial charge in [-0.2, -0.15) is 0 Å². The average Bonchev–Trinajstić information content (AvgIpc) is 2.28. The van der Waals surface area contributed by atoms with E-state index >= 15 is 0 Å². The Kier molecular flexibility index (Phi) is 2.28. The van der Waals surface area contributed by atoms with Crippen molar-refractivity contribution in [3.63, 3.8) is 0 Å². The van der Waals surface area contributed by atoms with Crippen molar-refractivity contribution in [3.8, 4) is 0 Å². The van der Waals surface area contributed by atoms with Crippen LogP contribution in [-0.2, 0) is 0 Å². The molecule has 0 unspecified atom stereocenters. The minimum absolute atomic E-state index is 0.561. The first-order valence-corrected chi connectivity index (χ1v) is 6.18. The smallest absolute Gasteiger partial charge is 0.0194 e. The summed E-state index contributed by atoms with van der Waals surface area (Å²) in [5.41, 5.74) is 2.11. The summed E-state index contributed by atoms with van der Waals surface area (Å²) in [6.07, 6.45) is 6.92. The van der Waals surface area contributed by atoms with Crippen LogP contribution in [0.1, 0.15) is 43.6 Å². The summed E-state index contributed by atoms with van der Waals surface area (Å²) < 4.78 is 0. The summed E-state index contributed by atoms with van der Waals surface area (Å²) in [5.74, 6) is 0.819. The lowest BCUT2D eigenvalue weighted by atomic mass is 9.70. The van der Waals surface area contributed by atoms with E-state index in [-0.39, 0.29) is 0 Å². The Hall–Kier alpha value is -0.820. The number of hydrogen-bond donors (Lipinski definition) is 1. The van der Waals surface area contributed by atoms with Crippen LogP contribution in [0.5, 0.6) is 0 Å². The molecule has 0 radical (unpaired) electrons. The van der Waals surface area contributed by atoms with Gasteiger partial charge in [-0.25, -0.2) is 0 Å². The van der Waals surface area contributed by atoms with Crippen molar-refractivity contribution in [3.05, 3.63) is 35.9 Å². The molecule has 1 saturated carbocycles. The predicted octanol–water partition coefficient (Wildman–Crippen LogP) is 3.08. The van der Waals surface area contributed by atoms with Crippen LogP contribution < -0.4 is 5.32 Å². The summed E-state index contributed by atoms with van der Waals surface area (Å²) in [4.78, 5) is 0. The molecular formula is C14H19N. The van der Waals surface area contributed by atoms with Gasteiger partial charge >= 0.3 is 0 Å². The van der Waals surface area contributed by atoms with E-state index in [9.17, 15) is 0 Å². The maximum atomic E-state index is 3.63. The summed E-state index contributed by atoms with van der Waals surface area (Å²) in [6, 6.07) is 11.0. The number of benzene rings is 1. The molecule has 15 heavy (non-hydrogen) atoms. The van der Waals surface area contributed by atoms with Crippen LogP contribution in [0.2, 0.25) is 0 Å². The molecule has 3 rings (SSSR count). The Labute approximate surface area is 91.9 Å². The lowest BCUT2D eigenvalue weighted by Gasteiger charge is -2.48. The van der Waals surface area contributed by atoms with Crippen LogP contribution in [0, 0.1) is 0 Å². The second kappa shape index (κ2) is 3.64. The Bertz CT molecular complexity index is 316. The van der Waals surface area contributed by atoms with Crippen LogP contribution >= 0.6 is 0 Å². The normalized spacial score (nSPS) is 35.1. The standard InChI is InChI=1S/C14H19N/c1-2-4-12(5-3-1)13-6-8-14(9-7-13)10-11-15-14/h1-5,13,15H,6-11H2. The third-order valence-electron chi connectivity index (χ3n) is 4.32. The highest BCUT2D eigenvalue weighted by Crippen LogP contribution is 2.41. The van der Waals surface area contributed by atoms with Crippen LogP contribution in [0.15, 0.2) is 30.3 Å². The fourth-order valence-corrected chi connectivity index (χ4v) is 3.13. The zero-order chi connectivity index (χ0) is 10.1. The molecule has 1 aliphatic heterocycles. The van der Waals surface area contributed by atoms with E-state index in [2.05, 4.69) is 35.6 Å². The molecule has 0 atom stereocenters. The zero-order valence-corrected chi connectivity index (χ0v) is 9.21. The van der Waals surface area contributed by atoms with Gasteiger partial charge in [-0.15, -0.1) is 0 Å². The molecule has 1 N–H and O–H groups in total. The number of hydrogen-bond acceptors (Lipinski definition) is 1. The molecule has 1 aromatic carbocycles. The van der Waals surface area contributed by atoms with Crippen molar-refractivity contribution in [1.29, 1.82) is 0 Å². The highest BCUT2D eigenvalue weighted by atomic mass is 15.0. The van der Waals surface area contributed by atoms with Crippen LogP contribution in [0.3, 0.4) is 0 Å². The number of nitrogens with one attached hydrogen (secondary N) is 1. The molecule has 0 bridgehead atoms. The second-order valence-corrected chi connectivity index (χ2v) is 5.14. The summed E-state index contributed by atoms with van der Waals surface area (Å²) in [6.45, 7) is 1.25. The Balaban J connectivity index is 1.67. The molecule has 2 aliphatic rings. The van der Waals surface area contributed by atoms with Crippen molar-refractivity contribution >= 4 is 0 Å². The molecule has 1 aromatic rings. The molecule has 2 fully saturated rings. The number of rotatable bonds is 1. The van der Waals surface area contributed by atoms with Crippen molar-refractivity contribution in [2.24, 2.45) is 0 Å². The van der Waals surface area contributed by atoms with Gasteiger partial charge in [0.15, 0.2) is 0 Å². The van der Waals surface area contributed by atoms with Gasteiger partial charge in [0.2, 0.25) is 0 Å². The molecule has 1 nitrogen and oxygen atoms in total. The summed E-state index contributed by atoms with van der Waals surface area (Å²) in [7, 11) is 0. The van der Waals surface area contributed by atoms with Gasteiger partial charge < -0.3 is 5.32 Å². The lowest BCUT2D eigenvalue weighted by molar-refractivity contribution is 0.134. The van der Waals surface area contributed by atoms with E-state index < -0.39 is 0 Å². The fourth-order valence-electron chi connectivity index (χ4n) is 3.13. The third-order valence-corrected chi connectivity index (χ3v) is 4.32. The lowest BCUT2D eigenvalue weighted by Crippen LogP contribution is -2.58. The Morgan fingerprint density at radius 3 is 2.20 bits per heavy atom. The third kappa shape index (κ3) is 1.69. The molecule has 1 heteroatoms. The molecule has 0 amide bonds. The van der Waals surface area contributed by atoms with Crippen LogP contribution in [0.25, 0.3) is 0 Å². The fraction of sp³-hybridized carbons (Fsp3) is 0.571. The second-order valence-electron chi connectivity index (χ2n) is 5.14. The molecule has 1 saturated heterocycles. The van der Waals surface area contributed by atoms with Gasteiger partial charge in [-0.1, -0.05) is 30.3 Å². The molecular weight excluding hydrogens is 182 g/mol. The summed E-state index contributed by atoms with van der Waals surface area (Å²) in [5, 5.41) is 3.63. The van der Waals surface area contributed by atoms with Gasteiger partial charge in [0.05, 0.1) is 0 Å². The molecule has 80 valence electrons. The summed E-state index contributed by atoms with van der Waals surface area (Å²) >= 11 is 0. The van der Waals surface area contributed by atoms with Crippen molar-refractivity contribution < 1.29 is 0 Å². The topological polar surface area (TPSA) is 12.0 Å². The molecule has 1 aliphatic carbocycles. The van der Waals surface area contributed by atoms with E-state index in [4.69, 9.17) is 0 Å². The average molecular weight is 201 g/mol. The molecule has 0 aromatic heterocycles. The Morgan fingerprint density at radius 1 is 1.00 bits per heavy atom. The maximum Gasteiger partial charge on any atom is 0.0194 e. The van der Waals surface area contributed by atoms with E-state index in [1.807, 2.05) is 0 Å². The molecule has 1 heterocycles. The van der Waals surface area contributed by atoms with E-state index in [1.54, 1.807) is 5.56 Å². The monoisotopic (exact) mass is 201 g/mol.